The molecule has 8 heteroatoms. The Morgan fingerprint density at radius 1 is 1.19 bits per heavy atom. The summed E-state index contributed by atoms with van der Waals surface area (Å²) in [7, 11) is 1.86. The molecule has 160 valence electrons. The highest BCUT2D eigenvalue weighted by molar-refractivity contribution is 5.91. The molecule has 4 heterocycles. The van der Waals surface area contributed by atoms with Crippen molar-refractivity contribution in [3.8, 4) is 0 Å². The molecule has 8 nitrogen and oxygen atoms in total. The summed E-state index contributed by atoms with van der Waals surface area (Å²) >= 11 is 0. The van der Waals surface area contributed by atoms with E-state index in [-0.39, 0.29) is 5.91 Å². The van der Waals surface area contributed by atoms with Gasteiger partial charge in [0.1, 0.15) is 18.0 Å². The van der Waals surface area contributed by atoms with Gasteiger partial charge in [0.2, 0.25) is 5.91 Å². The first-order valence-electron chi connectivity index (χ1n) is 10.5. The average Bonchev–Trinajstić information content (AvgIpc) is 3.19. The number of aryl methyl sites for hydroxylation is 2. The number of aromatic nitrogens is 5. The lowest BCUT2D eigenvalue weighted by atomic mass is 9.92. The molecule has 0 aromatic carbocycles. The molecule has 1 fully saturated rings. The Balaban J connectivity index is 1.30. The minimum Gasteiger partial charge on any atom is -0.339 e. The second-order valence-corrected chi connectivity index (χ2v) is 7.87. The number of nitrogens with one attached hydrogen (secondary N) is 1. The molecule has 4 rings (SSSR count). The largest absolute Gasteiger partial charge is 0.339 e. The second kappa shape index (κ2) is 9.51. The molecular weight excluding hydrogens is 390 g/mol. The van der Waals surface area contributed by atoms with Crippen LogP contribution < -0.4 is 5.32 Å². The number of carbonyl (C=O) groups excluding carboxylic acids is 1. The van der Waals surface area contributed by atoms with Gasteiger partial charge in [0.15, 0.2) is 0 Å². The summed E-state index contributed by atoms with van der Waals surface area (Å²) < 4.78 is 1.75. The number of likely N-dealkylation sites (tertiary alicyclic amines) is 1. The third kappa shape index (κ3) is 5.33. The van der Waals surface area contributed by atoms with E-state index in [1.807, 2.05) is 49.2 Å². The highest BCUT2D eigenvalue weighted by atomic mass is 16.2. The fourth-order valence-corrected chi connectivity index (χ4v) is 3.78. The molecule has 0 radical (unpaired) electrons. The van der Waals surface area contributed by atoms with Gasteiger partial charge in [0, 0.05) is 50.4 Å². The molecule has 0 unspecified atom stereocenters. The molecule has 0 aliphatic carbocycles. The standard InChI is InChI=1S/C23H27N7O/c1-17-4-3-10-24-23(17)28-21-15-19(25-16-26-21)14-18-8-12-30(13-9-18)22(31)6-5-20-7-11-27-29(20)2/h3-7,10-11,15-16,18H,8-9,12-14H2,1-2H3,(H,24,25,26,28)/b6-5+. The molecule has 31 heavy (non-hydrogen) atoms. The lowest BCUT2D eigenvalue weighted by Crippen LogP contribution is -2.38. The minimum absolute atomic E-state index is 0.0545. The zero-order valence-electron chi connectivity index (χ0n) is 17.9. The molecule has 1 aliphatic rings. The number of pyridine rings is 1. The van der Waals surface area contributed by atoms with Crippen molar-refractivity contribution in [1.29, 1.82) is 0 Å². The molecule has 1 N–H and O–H groups in total. The molecule has 3 aromatic heterocycles. The maximum atomic E-state index is 12.5. The van der Waals surface area contributed by atoms with Crippen molar-refractivity contribution in [2.45, 2.75) is 26.2 Å². The summed E-state index contributed by atoms with van der Waals surface area (Å²) in [5.74, 6) is 2.11. The summed E-state index contributed by atoms with van der Waals surface area (Å²) in [6, 6.07) is 7.80. The van der Waals surface area contributed by atoms with E-state index >= 15 is 0 Å². The minimum atomic E-state index is 0.0545. The molecule has 1 aliphatic heterocycles. The lowest BCUT2D eigenvalue weighted by Gasteiger charge is -2.31. The summed E-state index contributed by atoms with van der Waals surface area (Å²) in [5.41, 5.74) is 2.99. The Bertz CT molecular complexity index is 1070. The molecule has 1 saturated heterocycles. The van der Waals surface area contributed by atoms with Gasteiger partial charge in [-0.15, -0.1) is 0 Å². The van der Waals surface area contributed by atoms with Gasteiger partial charge in [0.25, 0.3) is 0 Å². The van der Waals surface area contributed by atoms with Crippen molar-refractivity contribution in [2.75, 3.05) is 18.4 Å². The third-order valence-corrected chi connectivity index (χ3v) is 5.66. The van der Waals surface area contributed by atoms with Crippen molar-refractivity contribution in [3.63, 3.8) is 0 Å². The monoisotopic (exact) mass is 417 g/mol. The van der Waals surface area contributed by atoms with Gasteiger partial charge >= 0.3 is 0 Å². The van der Waals surface area contributed by atoms with Crippen LogP contribution in [0, 0.1) is 12.8 Å². The van der Waals surface area contributed by atoms with Crippen LogP contribution >= 0.6 is 0 Å². The van der Waals surface area contributed by atoms with Crippen molar-refractivity contribution >= 4 is 23.6 Å². The van der Waals surface area contributed by atoms with E-state index in [1.54, 1.807) is 29.5 Å². The fraction of sp³-hybridized carbons (Fsp3) is 0.348. The summed E-state index contributed by atoms with van der Waals surface area (Å²) in [4.78, 5) is 27.5. The smallest absolute Gasteiger partial charge is 0.246 e. The van der Waals surface area contributed by atoms with Crippen molar-refractivity contribution in [2.24, 2.45) is 13.0 Å². The first-order chi connectivity index (χ1) is 15.1. The zero-order valence-corrected chi connectivity index (χ0v) is 17.9. The van der Waals surface area contributed by atoms with Crippen LogP contribution in [0.4, 0.5) is 11.6 Å². The number of nitrogens with zero attached hydrogens (tertiary/aromatic N) is 6. The molecule has 0 bridgehead atoms. The van der Waals surface area contributed by atoms with Crippen LogP contribution in [0.5, 0.6) is 0 Å². The number of hydrogen-bond donors (Lipinski definition) is 1. The number of anilines is 2. The Morgan fingerprint density at radius 2 is 2.03 bits per heavy atom. The number of amides is 1. The Labute approximate surface area is 182 Å². The van der Waals surface area contributed by atoms with Crippen LogP contribution in [0.1, 0.15) is 29.8 Å². The normalized spacial score (nSPS) is 14.8. The van der Waals surface area contributed by atoms with E-state index in [9.17, 15) is 4.79 Å². The third-order valence-electron chi connectivity index (χ3n) is 5.66. The zero-order chi connectivity index (χ0) is 21.6. The first-order valence-corrected chi connectivity index (χ1v) is 10.5. The summed E-state index contributed by atoms with van der Waals surface area (Å²) in [6.07, 6.45) is 11.4. The van der Waals surface area contributed by atoms with E-state index in [0.29, 0.717) is 5.92 Å². The molecule has 3 aromatic rings. The van der Waals surface area contributed by atoms with Crippen LogP contribution in [-0.4, -0.2) is 48.6 Å². The number of hydrogen-bond acceptors (Lipinski definition) is 6. The van der Waals surface area contributed by atoms with Crippen LogP contribution in [0.25, 0.3) is 6.08 Å². The summed E-state index contributed by atoms with van der Waals surface area (Å²) in [6.45, 7) is 3.55. The van der Waals surface area contributed by atoms with Crippen LogP contribution in [-0.2, 0) is 18.3 Å². The van der Waals surface area contributed by atoms with Crippen molar-refractivity contribution in [1.82, 2.24) is 29.6 Å². The molecular formula is C23H27N7O. The maximum absolute atomic E-state index is 12.5. The van der Waals surface area contributed by atoms with Crippen molar-refractivity contribution < 1.29 is 4.79 Å². The van der Waals surface area contributed by atoms with Crippen LogP contribution in [0.3, 0.4) is 0 Å². The predicted octanol–water partition coefficient (Wildman–Crippen LogP) is 3.15. The molecule has 0 spiro atoms. The van der Waals surface area contributed by atoms with E-state index in [2.05, 4.69) is 25.4 Å². The fourth-order valence-electron chi connectivity index (χ4n) is 3.78. The van der Waals surface area contributed by atoms with Gasteiger partial charge in [-0.2, -0.15) is 5.10 Å². The van der Waals surface area contributed by atoms with Gasteiger partial charge in [-0.25, -0.2) is 15.0 Å². The highest BCUT2D eigenvalue weighted by Gasteiger charge is 2.22. The Kier molecular flexibility index (Phi) is 6.35. The lowest BCUT2D eigenvalue weighted by molar-refractivity contribution is -0.127. The molecule has 0 atom stereocenters. The first kappa shape index (κ1) is 20.7. The van der Waals surface area contributed by atoms with E-state index in [4.69, 9.17) is 0 Å². The van der Waals surface area contributed by atoms with Gasteiger partial charge in [0.05, 0.1) is 5.69 Å². The van der Waals surface area contributed by atoms with E-state index in [0.717, 1.165) is 60.9 Å². The van der Waals surface area contributed by atoms with Gasteiger partial charge < -0.3 is 10.2 Å². The quantitative estimate of drug-likeness (QED) is 0.620. The maximum Gasteiger partial charge on any atom is 0.246 e. The number of carbonyl (C=O) groups is 1. The Hall–Kier alpha value is -3.55. The SMILES string of the molecule is Cc1cccnc1Nc1cc(CC2CCN(C(=O)/C=C/c3ccnn3C)CC2)ncn1. The number of piperidine rings is 1. The van der Waals surface area contributed by atoms with E-state index < -0.39 is 0 Å². The van der Waals surface area contributed by atoms with Crippen molar-refractivity contribution in [3.05, 3.63) is 66.0 Å². The Morgan fingerprint density at radius 3 is 2.77 bits per heavy atom. The summed E-state index contributed by atoms with van der Waals surface area (Å²) in [5, 5.41) is 7.39. The number of rotatable bonds is 6. The second-order valence-electron chi connectivity index (χ2n) is 7.87. The van der Waals surface area contributed by atoms with Gasteiger partial charge in [-0.3, -0.25) is 9.48 Å². The molecule has 0 saturated carbocycles. The van der Waals surface area contributed by atoms with Gasteiger partial charge in [-0.05, 0) is 55.9 Å². The average molecular weight is 418 g/mol. The topological polar surface area (TPSA) is 88.8 Å². The van der Waals surface area contributed by atoms with Crippen LogP contribution in [0.15, 0.2) is 49.1 Å². The van der Waals surface area contributed by atoms with Crippen LogP contribution in [0.2, 0.25) is 0 Å². The predicted molar refractivity (Wildman–Crippen MR) is 120 cm³/mol. The van der Waals surface area contributed by atoms with Gasteiger partial charge in [-0.1, -0.05) is 6.07 Å². The van der Waals surface area contributed by atoms with E-state index in [1.165, 1.54) is 0 Å². The highest BCUT2D eigenvalue weighted by Crippen LogP contribution is 2.23. The molecule has 1 amide bonds.